The molecule has 12 heteroatoms. The van der Waals surface area contributed by atoms with E-state index in [1.165, 1.54) is 0 Å². The smallest absolute Gasteiger partial charge is 0.407 e. The number of carbonyl (C=O) groups is 5. The Balaban J connectivity index is 1.46. The number of amides is 3. The van der Waals surface area contributed by atoms with Crippen molar-refractivity contribution >= 4 is 29.8 Å². The van der Waals surface area contributed by atoms with Gasteiger partial charge < -0.3 is 34.9 Å². The lowest BCUT2D eigenvalue weighted by Crippen LogP contribution is -2.49. The zero-order valence-corrected chi connectivity index (χ0v) is 27.5. The topological polar surface area (TPSA) is 158 Å². The van der Waals surface area contributed by atoms with Crippen molar-refractivity contribution in [2.24, 2.45) is 0 Å². The van der Waals surface area contributed by atoms with Crippen LogP contribution in [0.25, 0.3) is 0 Å². The van der Waals surface area contributed by atoms with E-state index in [-0.39, 0.29) is 45.8 Å². The summed E-state index contributed by atoms with van der Waals surface area (Å²) in [5.41, 5.74) is 1.85. The van der Waals surface area contributed by atoms with E-state index < -0.39 is 41.5 Å². The van der Waals surface area contributed by atoms with E-state index in [4.69, 9.17) is 18.9 Å². The van der Waals surface area contributed by atoms with Gasteiger partial charge >= 0.3 is 18.0 Å². The first-order valence-corrected chi connectivity index (χ1v) is 15.6. The van der Waals surface area contributed by atoms with Crippen molar-refractivity contribution in [3.8, 4) is 5.75 Å². The number of ether oxygens (including phenoxy) is 4. The highest BCUT2D eigenvalue weighted by atomic mass is 16.6. The van der Waals surface area contributed by atoms with Gasteiger partial charge in [0, 0.05) is 19.5 Å². The summed E-state index contributed by atoms with van der Waals surface area (Å²) in [6.07, 6.45) is -0.746. The molecule has 0 aromatic heterocycles. The Labute approximate surface area is 280 Å². The van der Waals surface area contributed by atoms with Crippen LogP contribution in [-0.2, 0) is 53.0 Å². The lowest BCUT2D eigenvalue weighted by atomic mass is 10.1. The summed E-state index contributed by atoms with van der Waals surface area (Å²) in [6.45, 7) is 5.31. The van der Waals surface area contributed by atoms with Gasteiger partial charge in [-0.15, -0.1) is 0 Å². The van der Waals surface area contributed by atoms with E-state index in [1.54, 1.807) is 57.2 Å². The normalized spacial score (nSPS) is 11.4. The van der Waals surface area contributed by atoms with Crippen LogP contribution in [0.2, 0.25) is 0 Å². The second kappa shape index (κ2) is 19.3. The minimum absolute atomic E-state index is 0.0242. The average Bonchev–Trinajstić information content (AvgIpc) is 3.06. The minimum Gasteiger partial charge on any atom is -0.482 e. The molecule has 0 unspecified atom stereocenters. The van der Waals surface area contributed by atoms with Crippen LogP contribution in [0.15, 0.2) is 84.9 Å². The number of benzene rings is 3. The van der Waals surface area contributed by atoms with Crippen LogP contribution in [0.3, 0.4) is 0 Å². The first-order valence-electron chi connectivity index (χ1n) is 15.6. The quantitative estimate of drug-likeness (QED) is 0.144. The molecule has 0 aliphatic heterocycles. The molecule has 3 amide bonds. The number of nitrogens with one attached hydrogen (secondary N) is 3. The molecule has 12 nitrogen and oxygen atoms in total. The second-order valence-electron chi connectivity index (χ2n) is 11.8. The van der Waals surface area contributed by atoms with Crippen molar-refractivity contribution in [1.82, 2.24) is 16.0 Å². The Morgan fingerprint density at radius 2 is 1.27 bits per heavy atom. The predicted molar refractivity (Wildman–Crippen MR) is 177 cm³/mol. The molecule has 256 valence electrons. The first-order chi connectivity index (χ1) is 23.0. The molecule has 48 heavy (non-hydrogen) atoms. The largest absolute Gasteiger partial charge is 0.482 e. The van der Waals surface area contributed by atoms with Gasteiger partial charge in [0.25, 0.3) is 0 Å². The van der Waals surface area contributed by atoms with Crippen LogP contribution in [-0.4, -0.2) is 61.2 Å². The highest BCUT2D eigenvalue weighted by Crippen LogP contribution is 2.13. The molecule has 0 saturated carbocycles. The molecular formula is C36H43N3O9. The molecule has 0 aliphatic rings. The summed E-state index contributed by atoms with van der Waals surface area (Å²) in [5.74, 6) is -1.77. The maximum atomic E-state index is 13.1. The average molecular weight is 662 g/mol. The molecule has 0 radical (unpaired) electrons. The maximum absolute atomic E-state index is 13.1. The monoisotopic (exact) mass is 661 g/mol. The van der Waals surface area contributed by atoms with Crippen molar-refractivity contribution in [3.63, 3.8) is 0 Å². The third-order valence-electron chi connectivity index (χ3n) is 6.52. The zero-order valence-electron chi connectivity index (χ0n) is 27.5. The summed E-state index contributed by atoms with van der Waals surface area (Å²) in [5, 5.41) is 7.81. The number of rotatable bonds is 17. The summed E-state index contributed by atoms with van der Waals surface area (Å²) in [7, 11) is 0. The Morgan fingerprint density at radius 1 is 0.688 bits per heavy atom. The van der Waals surface area contributed by atoms with Crippen molar-refractivity contribution in [2.45, 2.75) is 64.9 Å². The molecule has 3 N–H and O–H groups in total. The van der Waals surface area contributed by atoms with E-state index in [9.17, 15) is 24.0 Å². The van der Waals surface area contributed by atoms with E-state index in [0.29, 0.717) is 12.2 Å². The number of carbonyl (C=O) groups excluding carboxylic acids is 5. The fourth-order valence-electron chi connectivity index (χ4n) is 4.16. The number of hydrogen-bond acceptors (Lipinski definition) is 9. The van der Waals surface area contributed by atoms with E-state index in [1.807, 2.05) is 48.5 Å². The van der Waals surface area contributed by atoms with Gasteiger partial charge in [-0.2, -0.15) is 0 Å². The van der Waals surface area contributed by atoms with Gasteiger partial charge in [0.2, 0.25) is 11.8 Å². The van der Waals surface area contributed by atoms with Gasteiger partial charge in [-0.3, -0.25) is 14.4 Å². The number of hydrogen-bond donors (Lipinski definition) is 3. The third-order valence-corrected chi connectivity index (χ3v) is 6.52. The van der Waals surface area contributed by atoms with Crippen LogP contribution in [0.4, 0.5) is 4.79 Å². The van der Waals surface area contributed by atoms with E-state index in [0.717, 1.165) is 16.7 Å². The minimum atomic E-state index is -1.19. The molecule has 0 saturated heterocycles. The standard InChI is InChI=1S/C36H43N3O9/c1-36(2,3)48-35(44)38-21-19-31(40)39-30(22-32(41)46-23-27-10-6-4-7-11-27)34(43)37-20-18-26-14-16-29(17-15-26)45-25-33(42)47-24-28-12-8-5-9-13-28/h4-17,30H,18-25H2,1-3H3,(H,37,43)(H,38,44)(H,39,40)/t30-/m0/s1. The number of esters is 2. The van der Waals surface area contributed by atoms with Crippen molar-refractivity contribution in [1.29, 1.82) is 0 Å². The Kier molecular flexibility index (Phi) is 14.9. The molecule has 3 aromatic carbocycles. The first kappa shape index (κ1) is 37.1. The van der Waals surface area contributed by atoms with Gasteiger partial charge in [0.05, 0.1) is 6.42 Å². The summed E-state index contributed by atoms with van der Waals surface area (Å²) < 4.78 is 21.2. The van der Waals surface area contributed by atoms with E-state index in [2.05, 4.69) is 16.0 Å². The van der Waals surface area contributed by atoms with Crippen LogP contribution >= 0.6 is 0 Å². The van der Waals surface area contributed by atoms with Crippen molar-refractivity contribution < 1.29 is 42.9 Å². The fourth-order valence-corrected chi connectivity index (χ4v) is 4.16. The van der Waals surface area contributed by atoms with Gasteiger partial charge in [0.1, 0.15) is 30.6 Å². The van der Waals surface area contributed by atoms with E-state index >= 15 is 0 Å². The fraction of sp³-hybridized carbons (Fsp3) is 0.361. The van der Waals surface area contributed by atoms with Crippen LogP contribution in [0, 0.1) is 0 Å². The molecule has 0 bridgehead atoms. The van der Waals surface area contributed by atoms with Gasteiger partial charge in [0.15, 0.2) is 6.61 Å². The molecule has 3 rings (SSSR count). The van der Waals surface area contributed by atoms with Gasteiger partial charge in [-0.05, 0) is 56.0 Å². The molecule has 0 fully saturated rings. The summed E-state index contributed by atoms with van der Waals surface area (Å²) >= 11 is 0. The second-order valence-corrected chi connectivity index (χ2v) is 11.8. The molecule has 0 heterocycles. The maximum Gasteiger partial charge on any atom is 0.407 e. The van der Waals surface area contributed by atoms with Gasteiger partial charge in [-0.1, -0.05) is 72.8 Å². The summed E-state index contributed by atoms with van der Waals surface area (Å²) in [6, 6.07) is 24.2. The molecule has 3 aromatic rings. The van der Waals surface area contributed by atoms with Gasteiger partial charge in [-0.25, -0.2) is 9.59 Å². The SMILES string of the molecule is CC(C)(C)OC(=O)NCCC(=O)N[C@@H](CC(=O)OCc1ccccc1)C(=O)NCCc1ccc(OCC(=O)OCc2ccccc2)cc1. The number of alkyl carbamates (subject to hydrolysis) is 1. The third kappa shape index (κ3) is 15.3. The molecular weight excluding hydrogens is 618 g/mol. The lowest BCUT2D eigenvalue weighted by Gasteiger charge is -2.20. The highest BCUT2D eigenvalue weighted by molar-refractivity contribution is 5.91. The lowest BCUT2D eigenvalue weighted by molar-refractivity contribution is -0.148. The summed E-state index contributed by atoms with van der Waals surface area (Å²) in [4.78, 5) is 62.2. The van der Waals surface area contributed by atoms with Crippen molar-refractivity contribution in [2.75, 3.05) is 19.7 Å². The van der Waals surface area contributed by atoms with Crippen molar-refractivity contribution in [3.05, 3.63) is 102 Å². The Morgan fingerprint density at radius 3 is 1.85 bits per heavy atom. The molecule has 0 spiro atoms. The van der Waals surface area contributed by atoms with Crippen LogP contribution in [0.5, 0.6) is 5.75 Å². The molecule has 1 atom stereocenters. The molecule has 0 aliphatic carbocycles. The predicted octanol–water partition coefficient (Wildman–Crippen LogP) is 4.00. The van der Waals surface area contributed by atoms with Crippen LogP contribution < -0.4 is 20.7 Å². The van der Waals surface area contributed by atoms with Crippen LogP contribution in [0.1, 0.15) is 50.3 Å². The Hall–Kier alpha value is -5.39. The highest BCUT2D eigenvalue weighted by Gasteiger charge is 2.25. The zero-order chi connectivity index (χ0) is 34.8. The Bertz CT molecular complexity index is 1470.